The Kier molecular flexibility index (Phi) is 27.0. The van der Waals surface area contributed by atoms with Gasteiger partial charge in [-0.3, -0.25) is 4.79 Å². The van der Waals surface area contributed by atoms with Gasteiger partial charge in [0.25, 0.3) is 0 Å². The fraction of sp³-hybridized carbons (Fsp3) is 0.643. The number of carbonyl (C=O) groups is 1. The zero-order chi connectivity index (χ0) is 16.9. The number of aliphatic hydroxyl groups is 1. The number of ether oxygens (including phenoxy) is 1. The topological polar surface area (TPSA) is 110 Å². The summed E-state index contributed by atoms with van der Waals surface area (Å²) in [5.41, 5.74) is 4.85. The van der Waals surface area contributed by atoms with Gasteiger partial charge in [0.05, 0.1) is 6.61 Å². The van der Waals surface area contributed by atoms with Crippen molar-refractivity contribution in [3.05, 3.63) is 12.3 Å². The molecule has 1 aromatic heterocycles. The molecule has 0 aliphatic rings. The van der Waals surface area contributed by atoms with E-state index in [0.717, 1.165) is 6.54 Å². The van der Waals surface area contributed by atoms with Gasteiger partial charge >= 0.3 is 6.01 Å². The SMILES string of the molecule is CC.CC.CCN.O=CNc1ccnc(OCCCO)n1. The number of aliphatic hydroxyl groups excluding tert-OH is 1. The number of carbonyl (C=O) groups excluding carboxylic acids is 1. The number of hydrogen-bond donors (Lipinski definition) is 3. The van der Waals surface area contributed by atoms with Crippen molar-refractivity contribution in [2.45, 2.75) is 41.0 Å². The van der Waals surface area contributed by atoms with Gasteiger partial charge in [-0.2, -0.15) is 4.98 Å². The molecule has 1 aromatic rings. The summed E-state index contributed by atoms with van der Waals surface area (Å²) in [7, 11) is 0. The lowest BCUT2D eigenvalue weighted by atomic mass is 10.5. The second-order valence-corrected chi connectivity index (χ2v) is 2.82. The monoisotopic (exact) mass is 302 g/mol. The lowest BCUT2D eigenvalue weighted by molar-refractivity contribution is -0.105. The number of nitrogens with two attached hydrogens (primary N) is 1. The Morgan fingerprint density at radius 3 is 2.43 bits per heavy atom. The molecule has 1 heterocycles. The molecule has 0 spiro atoms. The molecular formula is C14H30N4O3. The van der Waals surface area contributed by atoms with E-state index >= 15 is 0 Å². The minimum atomic E-state index is 0.0618. The molecule has 7 heteroatoms. The fourth-order valence-corrected chi connectivity index (χ4v) is 0.779. The molecule has 21 heavy (non-hydrogen) atoms. The minimum Gasteiger partial charge on any atom is -0.463 e. The normalized spacial score (nSPS) is 7.76. The molecule has 124 valence electrons. The van der Waals surface area contributed by atoms with Crippen LogP contribution in [0.2, 0.25) is 0 Å². The summed E-state index contributed by atoms with van der Waals surface area (Å²) >= 11 is 0. The van der Waals surface area contributed by atoms with Gasteiger partial charge in [-0.05, 0) is 12.6 Å². The predicted molar refractivity (Wildman–Crippen MR) is 86.3 cm³/mol. The number of rotatable bonds is 6. The van der Waals surface area contributed by atoms with E-state index in [2.05, 4.69) is 15.3 Å². The second-order valence-electron chi connectivity index (χ2n) is 2.82. The van der Waals surface area contributed by atoms with Crippen LogP contribution in [-0.4, -0.2) is 41.2 Å². The van der Waals surface area contributed by atoms with Crippen molar-refractivity contribution in [3.63, 3.8) is 0 Å². The number of nitrogens with zero attached hydrogens (tertiary/aromatic N) is 2. The van der Waals surface area contributed by atoms with Crippen LogP contribution >= 0.6 is 0 Å². The smallest absolute Gasteiger partial charge is 0.318 e. The van der Waals surface area contributed by atoms with Crippen LogP contribution in [0.5, 0.6) is 6.01 Å². The summed E-state index contributed by atoms with van der Waals surface area (Å²) in [4.78, 5) is 17.8. The van der Waals surface area contributed by atoms with Crippen LogP contribution in [-0.2, 0) is 4.79 Å². The third-order valence-electron chi connectivity index (χ3n) is 1.37. The van der Waals surface area contributed by atoms with E-state index in [4.69, 9.17) is 15.6 Å². The first kappa shape index (κ1) is 24.3. The van der Waals surface area contributed by atoms with Crippen molar-refractivity contribution >= 4 is 12.2 Å². The van der Waals surface area contributed by atoms with Gasteiger partial charge in [0.15, 0.2) is 0 Å². The minimum absolute atomic E-state index is 0.0618. The van der Waals surface area contributed by atoms with Crippen LogP contribution in [0.15, 0.2) is 12.3 Å². The van der Waals surface area contributed by atoms with Crippen molar-refractivity contribution in [1.29, 1.82) is 0 Å². The molecule has 7 nitrogen and oxygen atoms in total. The zero-order valence-electron chi connectivity index (χ0n) is 13.8. The second kappa shape index (κ2) is 23.4. The fourth-order valence-electron chi connectivity index (χ4n) is 0.779. The Bertz CT molecular complexity index is 312. The van der Waals surface area contributed by atoms with E-state index in [1.54, 1.807) is 6.07 Å². The Morgan fingerprint density at radius 1 is 1.38 bits per heavy atom. The molecule has 0 bridgehead atoms. The first-order valence-corrected chi connectivity index (χ1v) is 7.25. The number of nitrogens with one attached hydrogen (secondary N) is 1. The molecule has 0 atom stereocenters. The van der Waals surface area contributed by atoms with Crippen LogP contribution in [0.25, 0.3) is 0 Å². The highest BCUT2D eigenvalue weighted by Crippen LogP contribution is 2.06. The average Bonchev–Trinajstić information content (AvgIpc) is 2.53. The molecule has 0 aliphatic heterocycles. The van der Waals surface area contributed by atoms with Crippen molar-refractivity contribution < 1.29 is 14.6 Å². The van der Waals surface area contributed by atoms with E-state index in [0.29, 0.717) is 25.3 Å². The van der Waals surface area contributed by atoms with Gasteiger partial charge in [-0.1, -0.05) is 34.6 Å². The maximum Gasteiger partial charge on any atom is 0.318 e. The molecule has 1 rings (SSSR count). The predicted octanol–water partition coefficient (Wildman–Crippen LogP) is 1.82. The highest BCUT2D eigenvalue weighted by molar-refractivity contribution is 5.68. The molecule has 0 saturated carbocycles. The largest absolute Gasteiger partial charge is 0.463 e. The molecule has 4 N–H and O–H groups in total. The van der Waals surface area contributed by atoms with Crippen LogP contribution < -0.4 is 15.8 Å². The maximum atomic E-state index is 10.1. The molecule has 0 unspecified atom stereocenters. The number of anilines is 1. The first-order valence-electron chi connectivity index (χ1n) is 7.25. The Labute approximate surface area is 127 Å². The van der Waals surface area contributed by atoms with Gasteiger partial charge in [0, 0.05) is 19.2 Å². The van der Waals surface area contributed by atoms with Gasteiger partial charge in [0.1, 0.15) is 5.82 Å². The highest BCUT2D eigenvalue weighted by Gasteiger charge is 1.98. The van der Waals surface area contributed by atoms with Crippen molar-refractivity contribution in [2.75, 3.05) is 25.1 Å². The molecule has 0 aliphatic carbocycles. The summed E-state index contributed by atoms with van der Waals surface area (Å²) in [5.74, 6) is 0.383. The van der Waals surface area contributed by atoms with Gasteiger partial charge in [0.2, 0.25) is 6.41 Å². The zero-order valence-corrected chi connectivity index (χ0v) is 13.8. The molecular weight excluding hydrogens is 272 g/mol. The standard InChI is InChI=1S/C8H11N3O3.C2H7N.2C2H6/c12-4-1-5-14-8-9-3-2-7(11-8)10-6-13;1-2-3;2*1-2/h2-3,6,12H,1,4-5H2,(H,9,10,11,13);2-3H2,1H3;2*1-2H3. The molecule has 0 fully saturated rings. The van der Waals surface area contributed by atoms with E-state index < -0.39 is 0 Å². The lowest BCUT2D eigenvalue weighted by Crippen LogP contribution is -2.04. The quantitative estimate of drug-likeness (QED) is 0.546. The van der Waals surface area contributed by atoms with Gasteiger partial charge < -0.3 is 20.9 Å². The van der Waals surface area contributed by atoms with Crippen LogP contribution in [0, 0.1) is 0 Å². The third-order valence-corrected chi connectivity index (χ3v) is 1.37. The lowest BCUT2D eigenvalue weighted by Gasteiger charge is -2.03. The van der Waals surface area contributed by atoms with Crippen LogP contribution in [0.1, 0.15) is 41.0 Å². The van der Waals surface area contributed by atoms with E-state index in [1.807, 2.05) is 34.6 Å². The molecule has 1 amide bonds. The van der Waals surface area contributed by atoms with Crippen molar-refractivity contribution in [3.8, 4) is 6.01 Å². The van der Waals surface area contributed by atoms with Crippen molar-refractivity contribution in [1.82, 2.24) is 9.97 Å². The summed E-state index contributed by atoms with van der Waals surface area (Å²) in [6.45, 7) is 11.1. The number of amides is 1. The molecule has 0 radical (unpaired) electrons. The Hall–Kier alpha value is -1.73. The summed E-state index contributed by atoms with van der Waals surface area (Å²) in [6.07, 6.45) is 2.53. The van der Waals surface area contributed by atoms with Crippen LogP contribution in [0.4, 0.5) is 5.82 Å². The number of hydrogen-bond acceptors (Lipinski definition) is 6. The molecule has 0 aromatic carbocycles. The van der Waals surface area contributed by atoms with E-state index in [1.165, 1.54) is 6.20 Å². The summed E-state index contributed by atoms with van der Waals surface area (Å²) in [5, 5.41) is 10.9. The average molecular weight is 302 g/mol. The third kappa shape index (κ3) is 18.3. The summed E-state index contributed by atoms with van der Waals surface area (Å²) in [6, 6.07) is 1.73. The van der Waals surface area contributed by atoms with Gasteiger partial charge in [-0.25, -0.2) is 4.98 Å². The summed E-state index contributed by atoms with van der Waals surface area (Å²) < 4.78 is 5.10. The van der Waals surface area contributed by atoms with E-state index in [9.17, 15) is 4.79 Å². The highest BCUT2D eigenvalue weighted by atomic mass is 16.5. The Balaban J connectivity index is -0.000000399. The maximum absolute atomic E-state index is 10.1. The number of aromatic nitrogens is 2. The van der Waals surface area contributed by atoms with Crippen LogP contribution in [0.3, 0.4) is 0 Å². The molecule has 0 saturated heterocycles. The Morgan fingerprint density at radius 2 is 1.95 bits per heavy atom. The van der Waals surface area contributed by atoms with E-state index in [-0.39, 0.29) is 12.6 Å². The first-order chi connectivity index (χ1) is 10.3. The van der Waals surface area contributed by atoms with Gasteiger partial charge in [-0.15, -0.1) is 0 Å². The van der Waals surface area contributed by atoms with Crippen molar-refractivity contribution in [2.24, 2.45) is 5.73 Å².